The summed E-state index contributed by atoms with van der Waals surface area (Å²) in [6.45, 7) is 7.31. The third-order valence-electron chi connectivity index (χ3n) is 12.8. The highest BCUT2D eigenvalue weighted by Crippen LogP contribution is 2.31. The predicted molar refractivity (Wildman–Crippen MR) is 296 cm³/mol. The van der Waals surface area contributed by atoms with Gasteiger partial charge in [-0.05, 0) is 96.6 Å². The molecule has 0 radical (unpaired) electrons. The van der Waals surface area contributed by atoms with Crippen molar-refractivity contribution in [2.75, 3.05) is 13.2 Å². The summed E-state index contributed by atoms with van der Waals surface area (Å²) >= 11 is 6.57. The second-order valence-corrected chi connectivity index (χ2v) is 19.1. The maximum atomic E-state index is 13.2. The molecule has 0 aromatic heterocycles. The normalized spacial score (nSPS) is 11.3. The lowest BCUT2D eigenvalue weighted by molar-refractivity contribution is -0.385. The SMILES string of the molecule is CCCCCCCCCCCCCOc1ccc(/C=C/c2ccc(C(=O)Oc3cccc(OC(=O)c4ccc(/C=C/c5ccc(OCCCCCCCCCCCC)c([N+](=O)[O-])c5)cc4)c3C)cc2)cc1Cl. The molecule has 0 atom stereocenters. The number of carbonyl (C=O) groups is 2. The van der Waals surface area contributed by atoms with Crippen LogP contribution in [0.25, 0.3) is 24.3 Å². The lowest BCUT2D eigenvalue weighted by atomic mass is 10.1. The molecule has 10 heteroatoms. The van der Waals surface area contributed by atoms with Gasteiger partial charge in [-0.25, -0.2) is 9.59 Å². The number of ether oxygens (including phenoxy) is 4. The zero-order valence-corrected chi connectivity index (χ0v) is 43.7. The lowest BCUT2D eigenvalue weighted by Gasteiger charge is -2.12. The smallest absolute Gasteiger partial charge is 0.343 e. The first-order chi connectivity index (χ1) is 35.1. The van der Waals surface area contributed by atoms with Crippen LogP contribution in [0.2, 0.25) is 5.02 Å². The highest BCUT2D eigenvalue weighted by Gasteiger charge is 2.18. The van der Waals surface area contributed by atoms with Crippen LogP contribution < -0.4 is 18.9 Å². The van der Waals surface area contributed by atoms with E-state index in [2.05, 4.69) is 13.8 Å². The van der Waals surface area contributed by atoms with Gasteiger partial charge in [-0.1, -0.05) is 214 Å². The number of nitro benzene ring substituents is 1. The summed E-state index contributed by atoms with van der Waals surface area (Å²) in [5.74, 6) is 0.365. The number of nitrogens with zero attached hydrogens (tertiary/aromatic N) is 1. The third kappa shape index (κ3) is 20.5. The van der Waals surface area contributed by atoms with E-state index in [9.17, 15) is 19.7 Å². The van der Waals surface area contributed by atoms with Crippen LogP contribution in [-0.4, -0.2) is 30.1 Å². The van der Waals surface area contributed by atoms with Crippen LogP contribution in [-0.2, 0) is 0 Å². The second kappa shape index (κ2) is 32.7. The molecule has 9 nitrogen and oxygen atoms in total. The van der Waals surface area contributed by atoms with Crippen LogP contribution in [0.3, 0.4) is 0 Å². The Bertz CT molecular complexity index is 2480. The fourth-order valence-electron chi connectivity index (χ4n) is 8.34. The van der Waals surface area contributed by atoms with Gasteiger partial charge in [-0.15, -0.1) is 0 Å². The van der Waals surface area contributed by atoms with Crippen molar-refractivity contribution in [3.05, 3.63) is 157 Å². The standard InChI is InChI=1S/C62H76ClNO8/c1-4-6-8-10-12-14-16-18-19-21-23-44-69-59-42-36-51(46-55(59)63)30-28-49-32-38-53(39-33-49)61(65)71-57-26-25-27-58(48(57)3)72-62(66)54-40-34-50(35-41-54)29-31-52-37-43-60(56(47-52)64(67)68)70-45-24-22-20-17-15-13-11-9-7-5-2/h25-43,46-47H,4-24,44-45H2,1-3H3/b30-28+,31-29+. The number of esters is 2. The van der Waals surface area contributed by atoms with Crippen LogP contribution in [0, 0.1) is 17.0 Å². The van der Waals surface area contributed by atoms with Crippen molar-refractivity contribution in [2.45, 2.75) is 156 Å². The second-order valence-electron chi connectivity index (χ2n) is 18.7. The molecule has 0 aliphatic rings. The Morgan fingerprint density at radius 1 is 0.472 bits per heavy atom. The van der Waals surface area contributed by atoms with Gasteiger partial charge in [0.15, 0.2) is 5.75 Å². The Hall–Kier alpha value is -6.19. The van der Waals surface area contributed by atoms with Gasteiger partial charge in [-0.3, -0.25) is 10.1 Å². The fourth-order valence-corrected chi connectivity index (χ4v) is 8.58. The number of hydrogen-bond acceptors (Lipinski definition) is 8. The number of hydrogen-bond donors (Lipinski definition) is 0. The van der Waals surface area contributed by atoms with Crippen LogP contribution in [0.5, 0.6) is 23.0 Å². The van der Waals surface area contributed by atoms with E-state index in [1.165, 1.54) is 115 Å². The average molecular weight is 999 g/mol. The summed E-state index contributed by atoms with van der Waals surface area (Å²) in [5.41, 5.74) is 4.36. The first kappa shape index (κ1) is 56.7. The molecule has 0 amide bonds. The van der Waals surface area contributed by atoms with Crippen LogP contribution >= 0.6 is 11.6 Å². The van der Waals surface area contributed by atoms with E-state index in [0.29, 0.717) is 46.2 Å². The highest BCUT2D eigenvalue weighted by molar-refractivity contribution is 6.32. The molecule has 0 fully saturated rings. The number of rotatable bonds is 34. The minimum Gasteiger partial charge on any atom is -0.492 e. The fraction of sp³-hybridized carbons (Fsp3) is 0.419. The minimum absolute atomic E-state index is 0.0748. The number of nitro groups is 1. The Morgan fingerprint density at radius 3 is 1.25 bits per heavy atom. The molecule has 5 aromatic rings. The highest BCUT2D eigenvalue weighted by atomic mass is 35.5. The summed E-state index contributed by atoms with van der Waals surface area (Å²) in [7, 11) is 0. The Balaban J connectivity index is 1.03. The zero-order valence-electron chi connectivity index (χ0n) is 43.0. The van der Waals surface area contributed by atoms with Gasteiger partial charge in [0, 0.05) is 11.6 Å². The molecule has 0 aliphatic heterocycles. The van der Waals surface area contributed by atoms with Gasteiger partial charge < -0.3 is 18.9 Å². The number of halogens is 1. The van der Waals surface area contributed by atoms with Gasteiger partial charge in [0.25, 0.3) is 0 Å². The van der Waals surface area contributed by atoms with E-state index in [0.717, 1.165) is 42.4 Å². The molecule has 72 heavy (non-hydrogen) atoms. The van der Waals surface area contributed by atoms with Crippen LogP contribution in [0.15, 0.2) is 103 Å². The van der Waals surface area contributed by atoms with E-state index in [1.54, 1.807) is 79.7 Å². The van der Waals surface area contributed by atoms with E-state index in [4.69, 9.17) is 30.5 Å². The van der Waals surface area contributed by atoms with E-state index >= 15 is 0 Å². The van der Waals surface area contributed by atoms with Crippen molar-refractivity contribution in [3.8, 4) is 23.0 Å². The summed E-state index contributed by atoms with van der Waals surface area (Å²) < 4.78 is 23.3. The molecule has 0 spiro atoms. The maximum Gasteiger partial charge on any atom is 0.343 e. The largest absolute Gasteiger partial charge is 0.492 e. The molecule has 0 saturated carbocycles. The van der Waals surface area contributed by atoms with Crippen molar-refractivity contribution in [1.29, 1.82) is 0 Å². The molecule has 0 heterocycles. The molecule has 0 unspecified atom stereocenters. The van der Waals surface area contributed by atoms with E-state index in [1.807, 2.05) is 48.6 Å². The van der Waals surface area contributed by atoms with Crippen LogP contribution in [0.4, 0.5) is 5.69 Å². The monoisotopic (exact) mass is 998 g/mol. The third-order valence-corrected chi connectivity index (χ3v) is 13.1. The maximum absolute atomic E-state index is 13.2. The number of unbranched alkanes of at least 4 members (excludes halogenated alkanes) is 19. The van der Waals surface area contributed by atoms with Crippen molar-refractivity contribution < 1.29 is 33.5 Å². The summed E-state index contributed by atoms with van der Waals surface area (Å²) in [4.78, 5) is 37.9. The van der Waals surface area contributed by atoms with Gasteiger partial charge >= 0.3 is 17.6 Å². The molecule has 0 N–H and O–H groups in total. The minimum atomic E-state index is -0.578. The van der Waals surface area contributed by atoms with Crippen molar-refractivity contribution in [1.82, 2.24) is 0 Å². The lowest BCUT2D eigenvalue weighted by Crippen LogP contribution is -2.12. The number of benzene rings is 5. The van der Waals surface area contributed by atoms with Gasteiger partial charge in [0.05, 0.1) is 34.3 Å². The van der Waals surface area contributed by atoms with Crippen molar-refractivity contribution in [3.63, 3.8) is 0 Å². The first-order valence-electron chi connectivity index (χ1n) is 26.6. The topological polar surface area (TPSA) is 114 Å². The van der Waals surface area contributed by atoms with Crippen molar-refractivity contribution in [2.24, 2.45) is 0 Å². The molecule has 0 bridgehead atoms. The van der Waals surface area contributed by atoms with Crippen molar-refractivity contribution >= 4 is 53.5 Å². The quantitative estimate of drug-likeness (QED) is 0.01000. The molecule has 0 saturated heterocycles. The molecular weight excluding hydrogens is 922 g/mol. The predicted octanol–water partition coefficient (Wildman–Crippen LogP) is 18.3. The van der Waals surface area contributed by atoms with Gasteiger partial charge in [0.1, 0.15) is 17.2 Å². The molecular formula is C62H76ClNO8. The summed E-state index contributed by atoms with van der Waals surface area (Å²) in [6.07, 6.45) is 33.8. The van der Waals surface area contributed by atoms with Gasteiger partial charge in [-0.2, -0.15) is 0 Å². The average Bonchev–Trinajstić information content (AvgIpc) is 3.39. The first-order valence-corrected chi connectivity index (χ1v) is 27.0. The van der Waals surface area contributed by atoms with Crippen LogP contribution in [0.1, 0.15) is 197 Å². The number of carbonyl (C=O) groups excluding carboxylic acids is 2. The van der Waals surface area contributed by atoms with E-state index in [-0.39, 0.29) is 22.9 Å². The Kier molecular flexibility index (Phi) is 25.8. The Labute approximate surface area is 434 Å². The molecule has 5 aromatic carbocycles. The summed E-state index contributed by atoms with van der Waals surface area (Å²) in [5, 5.41) is 12.5. The van der Waals surface area contributed by atoms with E-state index < -0.39 is 16.9 Å². The summed E-state index contributed by atoms with van der Waals surface area (Å²) in [6, 6.07) is 29.6. The Morgan fingerprint density at radius 2 is 0.833 bits per heavy atom. The van der Waals surface area contributed by atoms with Gasteiger partial charge in [0.2, 0.25) is 0 Å². The molecule has 0 aliphatic carbocycles. The molecule has 384 valence electrons. The zero-order chi connectivity index (χ0) is 51.2. The molecule has 5 rings (SSSR count).